The number of carbonyl (C=O) groups excluding carboxylic acids is 1. The number of ether oxygens (including phenoxy) is 1. The molecule has 1 fully saturated rings. The number of anilines is 1. The van der Waals surface area contributed by atoms with E-state index in [0.29, 0.717) is 16.9 Å². The van der Waals surface area contributed by atoms with E-state index in [1.165, 1.54) is 11.3 Å². The molecule has 1 N–H and O–H groups in total. The topological polar surface area (TPSA) is 81.9 Å². The molecule has 3 aromatic rings. The van der Waals surface area contributed by atoms with Gasteiger partial charge in [-0.3, -0.25) is 10.1 Å². The van der Waals surface area contributed by atoms with E-state index in [1.807, 2.05) is 30.3 Å². The highest BCUT2D eigenvalue weighted by Crippen LogP contribution is 2.41. The highest BCUT2D eigenvalue weighted by Gasteiger charge is 2.27. The molecule has 0 spiro atoms. The summed E-state index contributed by atoms with van der Waals surface area (Å²) in [6, 6.07) is 11.4. The van der Waals surface area contributed by atoms with Gasteiger partial charge in [0.2, 0.25) is 11.0 Å². The molecule has 0 bridgehead atoms. The van der Waals surface area contributed by atoms with Crippen molar-refractivity contribution in [3.05, 3.63) is 47.6 Å². The second-order valence-corrected chi connectivity index (χ2v) is 6.50. The van der Waals surface area contributed by atoms with Crippen molar-refractivity contribution in [1.82, 2.24) is 20.0 Å². The zero-order valence-electron chi connectivity index (χ0n) is 12.8. The Hall–Kier alpha value is -2.74. The standard InChI is InChI=1S/C16H15N5O2S/c22-13(17-16-19-18-15(24-16)11-6-7-11)10-23-14-8-9-21(20-14)12-4-2-1-3-5-12/h1-5,8-9,11H,6-7,10H2,(H,17,19,22). The van der Waals surface area contributed by atoms with Crippen molar-refractivity contribution >= 4 is 22.4 Å². The number of nitrogens with zero attached hydrogens (tertiary/aromatic N) is 4. The maximum absolute atomic E-state index is 11.9. The molecule has 7 nitrogen and oxygen atoms in total. The van der Waals surface area contributed by atoms with E-state index in [4.69, 9.17) is 4.74 Å². The van der Waals surface area contributed by atoms with Gasteiger partial charge in [-0.05, 0) is 25.0 Å². The largest absolute Gasteiger partial charge is 0.466 e. The normalized spacial score (nSPS) is 13.7. The number of amides is 1. The van der Waals surface area contributed by atoms with Gasteiger partial charge in [0, 0.05) is 18.2 Å². The predicted molar refractivity (Wildman–Crippen MR) is 89.6 cm³/mol. The minimum absolute atomic E-state index is 0.121. The van der Waals surface area contributed by atoms with Crippen molar-refractivity contribution in [2.45, 2.75) is 18.8 Å². The SMILES string of the molecule is O=C(COc1ccn(-c2ccccc2)n1)Nc1nnc(C2CC2)s1. The Morgan fingerprint density at radius 3 is 2.88 bits per heavy atom. The summed E-state index contributed by atoms with van der Waals surface area (Å²) in [6.07, 6.45) is 4.11. The summed E-state index contributed by atoms with van der Waals surface area (Å²) >= 11 is 1.43. The molecule has 2 heterocycles. The minimum Gasteiger partial charge on any atom is -0.466 e. The number of para-hydroxylation sites is 1. The number of rotatable bonds is 6. The molecule has 1 aliphatic carbocycles. The van der Waals surface area contributed by atoms with E-state index < -0.39 is 0 Å². The molecular formula is C16H15N5O2S. The molecular weight excluding hydrogens is 326 g/mol. The molecule has 0 unspecified atom stereocenters. The second-order valence-electron chi connectivity index (χ2n) is 5.49. The van der Waals surface area contributed by atoms with Crippen LogP contribution in [0.15, 0.2) is 42.6 Å². The van der Waals surface area contributed by atoms with Gasteiger partial charge in [0.25, 0.3) is 5.91 Å². The Kier molecular flexibility index (Phi) is 3.96. The fourth-order valence-electron chi connectivity index (χ4n) is 2.18. The van der Waals surface area contributed by atoms with Crippen LogP contribution in [-0.4, -0.2) is 32.5 Å². The first-order valence-corrected chi connectivity index (χ1v) is 8.47. The molecule has 1 aliphatic rings. The first-order chi connectivity index (χ1) is 11.8. The lowest BCUT2D eigenvalue weighted by atomic mass is 10.3. The van der Waals surface area contributed by atoms with Crippen molar-refractivity contribution in [3.8, 4) is 11.6 Å². The van der Waals surface area contributed by atoms with Gasteiger partial charge >= 0.3 is 0 Å². The van der Waals surface area contributed by atoms with Crippen LogP contribution in [0.1, 0.15) is 23.8 Å². The van der Waals surface area contributed by atoms with Gasteiger partial charge in [0.05, 0.1) is 5.69 Å². The zero-order valence-corrected chi connectivity index (χ0v) is 13.6. The Labute approximate surface area is 142 Å². The van der Waals surface area contributed by atoms with E-state index in [1.54, 1.807) is 16.9 Å². The number of aromatic nitrogens is 4. The van der Waals surface area contributed by atoms with Gasteiger partial charge in [-0.25, -0.2) is 4.68 Å². The molecule has 1 saturated carbocycles. The smallest absolute Gasteiger partial charge is 0.264 e. The van der Waals surface area contributed by atoms with Gasteiger partial charge < -0.3 is 4.74 Å². The molecule has 0 atom stereocenters. The number of hydrogen-bond donors (Lipinski definition) is 1. The fourth-order valence-corrected chi connectivity index (χ4v) is 3.11. The van der Waals surface area contributed by atoms with E-state index in [0.717, 1.165) is 23.5 Å². The zero-order chi connectivity index (χ0) is 16.4. The van der Waals surface area contributed by atoms with E-state index in [-0.39, 0.29) is 12.5 Å². The number of nitrogens with one attached hydrogen (secondary N) is 1. The van der Waals surface area contributed by atoms with Gasteiger partial charge in [-0.1, -0.05) is 29.5 Å². The van der Waals surface area contributed by atoms with Crippen molar-refractivity contribution in [2.75, 3.05) is 11.9 Å². The first kappa shape index (κ1) is 14.8. The monoisotopic (exact) mass is 341 g/mol. The van der Waals surface area contributed by atoms with Gasteiger partial charge in [0.15, 0.2) is 6.61 Å². The lowest BCUT2D eigenvalue weighted by Gasteiger charge is -2.03. The predicted octanol–water partition coefficient (Wildman–Crippen LogP) is 2.62. The molecule has 1 amide bonds. The average molecular weight is 341 g/mol. The van der Waals surface area contributed by atoms with Crippen LogP contribution in [0.2, 0.25) is 0 Å². The lowest BCUT2D eigenvalue weighted by molar-refractivity contribution is -0.118. The molecule has 1 aromatic carbocycles. The third kappa shape index (κ3) is 3.43. The summed E-state index contributed by atoms with van der Waals surface area (Å²) in [5.41, 5.74) is 0.929. The first-order valence-electron chi connectivity index (χ1n) is 7.65. The summed E-state index contributed by atoms with van der Waals surface area (Å²) in [5, 5.41) is 16.6. The maximum Gasteiger partial charge on any atom is 0.264 e. The Morgan fingerprint density at radius 1 is 1.25 bits per heavy atom. The quantitative estimate of drug-likeness (QED) is 0.745. The average Bonchev–Trinajstić information content (AvgIpc) is 3.17. The summed E-state index contributed by atoms with van der Waals surface area (Å²) in [6.45, 7) is -0.121. The van der Waals surface area contributed by atoms with Crippen LogP contribution in [0.3, 0.4) is 0 Å². The van der Waals surface area contributed by atoms with Gasteiger partial charge in [-0.15, -0.1) is 15.3 Å². The van der Waals surface area contributed by atoms with Crippen LogP contribution in [0.5, 0.6) is 5.88 Å². The third-order valence-electron chi connectivity index (χ3n) is 3.55. The molecule has 122 valence electrons. The van der Waals surface area contributed by atoms with Crippen LogP contribution in [0, 0.1) is 0 Å². The fraction of sp³-hybridized carbons (Fsp3) is 0.250. The number of carbonyl (C=O) groups is 1. The highest BCUT2D eigenvalue weighted by molar-refractivity contribution is 7.15. The van der Waals surface area contributed by atoms with Crippen molar-refractivity contribution in [2.24, 2.45) is 0 Å². The van der Waals surface area contributed by atoms with E-state index >= 15 is 0 Å². The molecule has 0 radical (unpaired) electrons. The molecule has 2 aromatic heterocycles. The molecule has 8 heteroatoms. The van der Waals surface area contributed by atoms with Crippen molar-refractivity contribution in [1.29, 1.82) is 0 Å². The Bertz CT molecular complexity index is 841. The molecule has 0 saturated heterocycles. The van der Waals surface area contributed by atoms with Crippen LogP contribution >= 0.6 is 11.3 Å². The highest BCUT2D eigenvalue weighted by atomic mass is 32.1. The van der Waals surface area contributed by atoms with Crippen molar-refractivity contribution < 1.29 is 9.53 Å². The summed E-state index contributed by atoms with van der Waals surface area (Å²) in [4.78, 5) is 11.9. The van der Waals surface area contributed by atoms with Gasteiger partial charge in [-0.2, -0.15) is 0 Å². The van der Waals surface area contributed by atoms with Crippen molar-refractivity contribution in [3.63, 3.8) is 0 Å². The Balaban J connectivity index is 1.31. The van der Waals surface area contributed by atoms with Crippen LogP contribution in [-0.2, 0) is 4.79 Å². The second kappa shape index (κ2) is 6.40. The minimum atomic E-state index is -0.275. The number of benzene rings is 1. The van der Waals surface area contributed by atoms with E-state index in [9.17, 15) is 4.79 Å². The van der Waals surface area contributed by atoms with E-state index in [2.05, 4.69) is 20.6 Å². The summed E-state index contributed by atoms with van der Waals surface area (Å²) < 4.78 is 7.12. The maximum atomic E-state index is 11.9. The lowest BCUT2D eigenvalue weighted by Crippen LogP contribution is -2.20. The Morgan fingerprint density at radius 2 is 2.08 bits per heavy atom. The van der Waals surface area contributed by atoms with Crippen LogP contribution in [0.25, 0.3) is 5.69 Å². The van der Waals surface area contributed by atoms with Gasteiger partial charge in [0.1, 0.15) is 5.01 Å². The molecule has 0 aliphatic heterocycles. The molecule has 4 rings (SSSR count). The summed E-state index contributed by atoms with van der Waals surface area (Å²) in [7, 11) is 0. The number of hydrogen-bond acceptors (Lipinski definition) is 6. The van der Waals surface area contributed by atoms with Crippen LogP contribution in [0.4, 0.5) is 5.13 Å². The summed E-state index contributed by atoms with van der Waals surface area (Å²) in [5.74, 6) is 0.652. The van der Waals surface area contributed by atoms with Crippen LogP contribution < -0.4 is 10.1 Å². The molecule has 24 heavy (non-hydrogen) atoms. The third-order valence-corrected chi connectivity index (χ3v) is 4.55.